The van der Waals surface area contributed by atoms with Crippen LogP contribution in [0.3, 0.4) is 0 Å². The molecule has 2 heterocycles. The second kappa shape index (κ2) is 5.18. The Labute approximate surface area is 136 Å². The molecule has 2 aromatic rings. The quantitative estimate of drug-likeness (QED) is 0.920. The molecule has 0 aromatic heterocycles. The molecule has 120 valence electrons. The summed E-state index contributed by atoms with van der Waals surface area (Å²) in [5.74, 6) is 0. The first-order valence-electron chi connectivity index (χ1n) is 8.10. The van der Waals surface area contributed by atoms with Gasteiger partial charge in [-0.1, -0.05) is 48.5 Å². The van der Waals surface area contributed by atoms with E-state index in [-0.39, 0.29) is 10.5 Å². The minimum absolute atomic E-state index is 0.323. The Balaban J connectivity index is 1.72. The van der Waals surface area contributed by atoms with Crippen LogP contribution in [0, 0.1) is 0 Å². The highest BCUT2D eigenvalue weighted by Gasteiger charge is 2.53. The number of fused-ring (bicyclic) bond motifs is 2. The average Bonchev–Trinajstić information content (AvgIpc) is 2.74. The van der Waals surface area contributed by atoms with Gasteiger partial charge in [0.2, 0.25) is 0 Å². The Kier molecular flexibility index (Phi) is 3.36. The van der Waals surface area contributed by atoms with E-state index in [9.17, 15) is 13.5 Å². The molecule has 2 bridgehead atoms. The number of hydrogen-bond donors (Lipinski definition) is 1. The molecule has 0 saturated carbocycles. The molecular formula is C19H20O3S. The first-order valence-corrected chi connectivity index (χ1v) is 9.71. The summed E-state index contributed by atoms with van der Waals surface area (Å²) in [5.41, 5.74) is 1.97. The number of hydrogen-bond acceptors (Lipinski definition) is 3. The van der Waals surface area contributed by atoms with Crippen LogP contribution in [-0.2, 0) is 15.4 Å². The van der Waals surface area contributed by atoms with Gasteiger partial charge in [-0.05, 0) is 48.4 Å². The number of sulfone groups is 1. The van der Waals surface area contributed by atoms with Gasteiger partial charge in [0.25, 0.3) is 0 Å². The highest BCUT2D eigenvalue weighted by molar-refractivity contribution is 7.93. The summed E-state index contributed by atoms with van der Waals surface area (Å²) in [6.07, 6.45) is 2.02. The van der Waals surface area contributed by atoms with Crippen molar-refractivity contribution in [2.24, 2.45) is 0 Å². The molecule has 2 saturated heterocycles. The second-order valence-corrected chi connectivity index (χ2v) is 9.31. The molecule has 2 atom stereocenters. The van der Waals surface area contributed by atoms with Crippen molar-refractivity contribution in [1.29, 1.82) is 0 Å². The molecule has 4 heteroatoms. The molecule has 0 radical (unpaired) electrons. The average molecular weight is 328 g/mol. The standard InChI is InChI=1S/C19H20O3S/c20-19(12-17-9-10-18(13-19)23(17,21)22)16-8-4-7-15(11-16)14-5-2-1-3-6-14/h1-8,11,17-18,20H,9-10,12-13H2. The lowest BCUT2D eigenvalue weighted by atomic mass is 9.84. The van der Waals surface area contributed by atoms with Crippen LogP contribution in [0.4, 0.5) is 0 Å². The van der Waals surface area contributed by atoms with Crippen LogP contribution in [0.2, 0.25) is 0 Å². The van der Waals surface area contributed by atoms with Crippen molar-refractivity contribution in [2.45, 2.75) is 41.8 Å². The predicted molar refractivity (Wildman–Crippen MR) is 90.7 cm³/mol. The van der Waals surface area contributed by atoms with E-state index in [4.69, 9.17) is 0 Å². The zero-order valence-corrected chi connectivity index (χ0v) is 13.7. The van der Waals surface area contributed by atoms with E-state index in [1.165, 1.54) is 0 Å². The maximum Gasteiger partial charge on any atom is 0.156 e. The Morgan fingerprint density at radius 1 is 0.870 bits per heavy atom. The lowest BCUT2D eigenvalue weighted by molar-refractivity contribution is 0.0173. The summed E-state index contributed by atoms with van der Waals surface area (Å²) < 4.78 is 24.5. The number of rotatable bonds is 2. The second-order valence-electron chi connectivity index (χ2n) is 6.80. The van der Waals surface area contributed by atoms with Gasteiger partial charge >= 0.3 is 0 Å². The highest BCUT2D eigenvalue weighted by atomic mass is 32.2. The van der Waals surface area contributed by atoms with Gasteiger partial charge in [0.1, 0.15) is 0 Å². The molecule has 2 aliphatic rings. The summed E-state index contributed by atoms with van der Waals surface area (Å²) in [4.78, 5) is 0. The third-order valence-electron chi connectivity index (χ3n) is 5.38. The third-order valence-corrected chi connectivity index (χ3v) is 8.04. The van der Waals surface area contributed by atoms with Crippen LogP contribution < -0.4 is 0 Å². The van der Waals surface area contributed by atoms with Crippen molar-refractivity contribution in [1.82, 2.24) is 0 Å². The van der Waals surface area contributed by atoms with Gasteiger partial charge in [-0.25, -0.2) is 8.42 Å². The zero-order valence-electron chi connectivity index (χ0n) is 12.9. The van der Waals surface area contributed by atoms with Crippen LogP contribution in [0.1, 0.15) is 31.2 Å². The minimum atomic E-state index is -3.03. The minimum Gasteiger partial charge on any atom is -0.385 e. The van der Waals surface area contributed by atoms with Crippen molar-refractivity contribution in [3.05, 3.63) is 60.2 Å². The molecule has 2 aromatic carbocycles. The molecule has 23 heavy (non-hydrogen) atoms. The highest BCUT2D eigenvalue weighted by Crippen LogP contribution is 2.47. The summed E-state index contributed by atoms with van der Waals surface area (Å²) in [6.45, 7) is 0. The van der Waals surface area contributed by atoms with Crippen LogP contribution >= 0.6 is 0 Å². The largest absolute Gasteiger partial charge is 0.385 e. The third kappa shape index (κ3) is 2.41. The van der Waals surface area contributed by atoms with Crippen LogP contribution in [-0.4, -0.2) is 24.0 Å². The van der Waals surface area contributed by atoms with E-state index in [1.807, 2.05) is 54.6 Å². The fourth-order valence-corrected chi connectivity index (χ4v) is 6.59. The molecule has 2 fully saturated rings. The topological polar surface area (TPSA) is 54.4 Å². The van der Waals surface area contributed by atoms with Gasteiger partial charge in [-0.2, -0.15) is 0 Å². The molecule has 1 N–H and O–H groups in total. The fraction of sp³-hybridized carbons (Fsp3) is 0.368. The van der Waals surface area contributed by atoms with E-state index < -0.39 is 15.4 Å². The van der Waals surface area contributed by atoms with Gasteiger partial charge < -0.3 is 5.11 Å². The SMILES string of the molecule is O=S1(=O)C2CCC1CC(O)(c1cccc(-c3ccccc3)c1)C2. The summed E-state index contributed by atoms with van der Waals surface area (Å²) in [7, 11) is -3.03. The van der Waals surface area contributed by atoms with Crippen molar-refractivity contribution in [3.8, 4) is 11.1 Å². The van der Waals surface area contributed by atoms with Crippen LogP contribution in [0.5, 0.6) is 0 Å². The van der Waals surface area contributed by atoms with E-state index in [2.05, 4.69) is 0 Å². The molecule has 0 aliphatic carbocycles. The van der Waals surface area contributed by atoms with Crippen molar-refractivity contribution >= 4 is 9.84 Å². The van der Waals surface area contributed by atoms with Gasteiger partial charge in [0.15, 0.2) is 9.84 Å². The monoisotopic (exact) mass is 328 g/mol. The maximum absolute atomic E-state index is 12.3. The van der Waals surface area contributed by atoms with E-state index in [1.54, 1.807) is 0 Å². The van der Waals surface area contributed by atoms with E-state index in [0.717, 1.165) is 16.7 Å². The fourth-order valence-electron chi connectivity index (χ4n) is 4.10. The van der Waals surface area contributed by atoms with Gasteiger partial charge in [0.05, 0.1) is 16.1 Å². The smallest absolute Gasteiger partial charge is 0.156 e. The molecule has 0 spiro atoms. The van der Waals surface area contributed by atoms with Crippen molar-refractivity contribution in [2.75, 3.05) is 0 Å². The van der Waals surface area contributed by atoms with E-state index in [0.29, 0.717) is 25.7 Å². The molecule has 4 rings (SSSR count). The van der Waals surface area contributed by atoms with Crippen molar-refractivity contribution < 1.29 is 13.5 Å². The molecule has 2 aliphatic heterocycles. The first-order chi connectivity index (χ1) is 11.0. The van der Waals surface area contributed by atoms with Gasteiger partial charge in [-0.15, -0.1) is 0 Å². The number of benzene rings is 2. The van der Waals surface area contributed by atoms with Crippen molar-refractivity contribution in [3.63, 3.8) is 0 Å². The Bertz CT molecular complexity index is 807. The lowest BCUT2D eigenvalue weighted by Gasteiger charge is -2.36. The molecule has 3 nitrogen and oxygen atoms in total. The lowest BCUT2D eigenvalue weighted by Crippen LogP contribution is -2.43. The van der Waals surface area contributed by atoms with Crippen LogP contribution in [0.25, 0.3) is 11.1 Å². The predicted octanol–water partition coefficient (Wildman–Crippen LogP) is 3.28. The van der Waals surface area contributed by atoms with Crippen LogP contribution in [0.15, 0.2) is 54.6 Å². The summed E-state index contributed by atoms with van der Waals surface area (Å²) in [5, 5.41) is 10.4. The summed E-state index contributed by atoms with van der Waals surface area (Å²) >= 11 is 0. The first kappa shape index (κ1) is 14.9. The normalized spacial score (nSPS) is 31.9. The Hall–Kier alpha value is -1.65. The zero-order chi connectivity index (χ0) is 16.1. The molecule has 2 unspecified atom stereocenters. The summed E-state index contributed by atoms with van der Waals surface area (Å²) in [6, 6.07) is 17.9. The van der Waals surface area contributed by atoms with Gasteiger partial charge in [0, 0.05) is 0 Å². The van der Waals surface area contributed by atoms with Gasteiger partial charge in [-0.3, -0.25) is 0 Å². The molecule has 0 amide bonds. The molecular weight excluding hydrogens is 308 g/mol. The maximum atomic E-state index is 12.3. The number of aliphatic hydroxyl groups is 1. The van der Waals surface area contributed by atoms with E-state index >= 15 is 0 Å². The Morgan fingerprint density at radius 2 is 1.48 bits per heavy atom. The Morgan fingerprint density at radius 3 is 2.13 bits per heavy atom.